The highest BCUT2D eigenvalue weighted by atomic mass is 79.9. The molecule has 0 saturated carbocycles. The molecule has 3 nitrogen and oxygen atoms in total. The van der Waals surface area contributed by atoms with Gasteiger partial charge in [-0.3, -0.25) is 0 Å². The van der Waals surface area contributed by atoms with Crippen LogP contribution in [0.1, 0.15) is 15.9 Å². The molecule has 1 aromatic rings. The highest BCUT2D eigenvalue weighted by molar-refractivity contribution is 9.08. The van der Waals surface area contributed by atoms with E-state index in [4.69, 9.17) is 5.11 Å². The van der Waals surface area contributed by atoms with E-state index in [1.807, 2.05) is 0 Å². The molecular weight excluding hydrogens is 293 g/mol. The zero-order valence-electron chi connectivity index (χ0n) is 7.71. The van der Waals surface area contributed by atoms with Crippen LogP contribution in [-0.2, 0) is 5.33 Å². The first kappa shape index (κ1) is 12.8. The number of aromatic carboxylic acids is 1. The Morgan fingerprint density at radius 1 is 1.44 bits per heavy atom. The van der Waals surface area contributed by atoms with E-state index < -0.39 is 18.1 Å². The van der Waals surface area contributed by atoms with Crippen molar-refractivity contribution in [3.8, 4) is 5.75 Å². The number of hydrogen-bond donors (Lipinski definition) is 1. The van der Waals surface area contributed by atoms with Crippen LogP contribution in [0.15, 0.2) is 18.2 Å². The van der Waals surface area contributed by atoms with Crippen LogP contribution in [0.5, 0.6) is 5.75 Å². The lowest BCUT2D eigenvalue weighted by Gasteiger charge is -2.10. The molecule has 0 aliphatic rings. The molecule has 0 atom stereocenters. The van der Waals surface area contributed by atoms with E-state index >= 15 is 0 Å². The van der Waals surface area contributed by atoms with Gasteiger partial charge in [-0.25, -0.2) is 4.79 Å². The van der Waals surface area contributed by atoms with Crippen molar-refractivity contribution in [2.75, 3.05) is 0 Å². The molecule has 0 bridgehead atoms. The van der Waals surface area contributed by atoms with Gasteiger partial charge in [0.1, 0.15) is 5.75 Å². The largest absolute Gasteiger partial charge is 0.573 e. The summed E-state index contributed by atoms with van der Waals surface area (Å²) >= 11 is 2.99. The summed E-state index contributed by atoms with van der Waals surface area (Å²) < 4.78 is 39.3. The van der Waals surface area contributed by atoms with Gasteiger partial charge in [-0.2, -0.15) is 0 Å². The molecule has 7 heteroatoms. The van der Waals surface area contributed by atoms with Crippen molar-refractivity contribution in [3.05, 3.63) is 29.3 Å². The van der Waals surface area contributed by atoms with Crippen LogP contribution in [0.4, 0.5) is 13.2 Å². The standard InChI is InChI=1S/C9H6BrF3O3/c10-4-5-3-6(16-9(11,12)13)1-2-7(5)8(14)15/h1-3H,4H2,(H,14,15). The number of hydrogen-bond acceptors (Lipinski definition) is 2. The zero-order valence-corrected chi connectivity index (χ0v) is 9.30. The SMILES string of the molecule is O=C(O)c1ccc(OC(F)(F)F)cc1CBr. The van der Waals surface area contributed by atoms with Crippen LogP contribution in [0.25, 0.3) is 0 Å². The third-order valence-corrected chi connectivity index (χ3v) is 2.29. The highest BCUT2D eigenvalue weighted by Gasteiger charge is 2.31. The number of carbonyl (C=O) groups is 1. The minimum atomic E-state index is -4.78. The van der Waals surface area contributed by atoms with Gasteiger partial charge in [0.15, 0.2) is 0 Å². The molecule has 1 aromatic carbocycles. The summed E-state index contributed by atoms with van der Waals surface area (Å²) in [5.41, 5.74) is 0.153. The molecule has 0 aliphatic carbocycles. The maximum Gasteiger partial charge on any atom is 0.573 e. The number of carboxylic acid groups (broad SMARTS) is 1. The van der Waals surface area contributed by atoms with Crippen molar-refractivity contribution < 1.29 is 27.8 Å². The number of benzene rings is 1. The molecule has 16 heavy (non-hydrogen) atoms. The number of rotatable bonds is 3. The van der Waals surface area contributed by atoms with Crippen LogP contribution in [0.2, 0.25) is 0 Å². The highest BCUT2D eigenvalue weighted by Crippen LogP contribution is 2.26. The minimum absolute atomic E-state index is 0.0635. The molecule has 0 aromatic heterocycles. The summed E-state index contributed by atoms with van der Waals surface area (Å²) in [6.07, 6.45) is -4.78. The van der Waals surface area contributed by atoms with E-state index in [2.05, 4.69) is 20.7 Å². The smallest absolute Gasteiger partial charge is 0.478 e. The quantitative estimate of drug-likeness (QED) is 0.872. The first-order valence-electron chi connectivity index (χ1n) is 4.01. The second-order valence-electron chi connectivity index (χ2n) is 2.81. The molecule has 0 heterocycles. The van der Waals surface area contributed by atoms with Gasteiger partial charge >= 0.3 is 12.3 Å². The Hall–Kier alpha value is -1.24. The molecule has 0 fully saturated rings. The Kier molecular flexibility index (Phi) is 3.79. The molecular formula is C9H6BrF3O3. The lowest BCUT2D eigenvalue weighted by atomic mass is 10.1. The van der Waals surface area contributed by atoms with Crippen LogP contribution in [-0.4, -0.2) is 17.4 Å². The van der Waals surface area contributed by atoms with Crippen molar-refractivity contribution in [1.29, 1.82) is 0 Å². The van der Waals surface area contributed by atoms with Crippen LogP contribution >= 0.6 is 15.9 Å². The monoisotopic (exact) mass is 298 g/mol. The minimum Gasteiger partial charge on any atom is -0.478 e. The average molecular weight is 299 g/mol. The van der Waals surface area contributed by atoms with Gasteiger partial charge < -0.3 is 9.84 Å². The van der Waals surface area contributed by atoms with E-state index in [0.717, 1.165) is 18.2 Å². The molecule has 0 spiro atoms. The number of ether oxygens (including phenoxy) is 1. The van der Waals surface area contributed by atoms with E-state index in [9.17, 15) is 18.0 Å². The van der Waals surface area contributed by atoms with Crippen molar-refractivity contribution in [1.82, 2.24) is 0 Å². The Morgan fingerprint density at radius 2 is 2.06 bits per heavy atom. The Bertz CT molecular complexity index is 403. The normalized spacial score (nSPS) is 11.2. The molecule has 0 unspecified atom stereocenters. The third kappa shape index (κ3) is 3.41. The van der Waals surface area contributed by atoms with Gasteiger partial charge in [0.05, 0.1) is 5.56 Å². The molecule has 1 rings (SSSR count). The van der Waals surface area contributed by atoms with Gasteiger partial charge in [-0.15, -0.1) is 13.2 Å². The van der Waals surface area contributed by atoms with Crippen LogP contribution < -0.4 is 4.74 Å². The maximum atomic E-state index is 11.9. The van der Waals surface area contributed by atoms with Crippen molar-refractivity contribution >= 4 is 21.9 Å². The molecule has 88 valence electrons. The lowest BCUT2D eigenvalue weighted by molar-refractivity contribution is -0.274. The number of carboxylic acids is 1. The van der Waals surface area contributed by atoms with Gasteiger partial charge in [0.25, 0.3) is 0 Å². The lowest BCUT2D eigenvalue weighted by Crippen LogP contribution is -2.17. The summed E-state index contributed by atoms with van der Waals surface area (Å²) in [5.74, 6) is -1.64. The molecule has 0 saturated heterocycles. The average Bonchev–Trinajstić information content (AvgIpc) is 2.14. The van der Waals surface area contributed by atoms with Crippen molar-refractivity contribution in [3.63, 3.8) is 0 Å². The third-order valence-electron chi connectivity index (χ3n) is 1.68. The van der Waals surface area contributed by atoms with Crippen molar-refractivity contribution in [2.45, 2.75) is 11.7 Å². The van der Waals surface area contributed by atoms with E-state index in [1.165, 1.54) is 0 Å². The molecule has 0 aliphatic heterocycles. The first-order chi connectivity index (χ1) is 7.33. The Balaban J connectivity index is 3.05. The fraction of sp³-hybridized carbons (Fsp3) is 0.222. The number of halogens is 4. The van der Waals surface area contributed by atoms with Crippen molar-refractivity contribution in [2.24, 2.45) is 0 Å². The molecule has 0 amide bonds. The molecule has 1 N–H and O–H groups in total. The van der Waals surface area contributed by atoms with Crippen LogP contribution in [0, 0.1) is 0 Å². The first-order valence-corrected chi connectivity index (χ1v) is 5.13. The fourth-order valence-electron chi connectivity index (χ4n) is 1.09. The predicted molar refractivity (Wildman–Crippen MR) is 52.7 cm³/mol. The predicted octanol–water partition coefficient (Wildman–Crippen LogP) is 3.18. The Morgan fingerprint density at radius 3 is 2.50 bits per heavy atom. The van der Waals surface area contributed by atoms with E-state index in [1.54, 1.807) is 0 Å². The summed E-state index contributed by atoms with van der Waals surface area (Å²) in [6, 6.07) is 3.06. The summed E-state index contributed by atoms with van der Waals surface area (Å²) in [7, 11) is 0. The van der Waals surface area contributed by atoms with Gasteiger partial charge in [0, 0.05) is 5.33 Å². The van der Waals surface area contributed by atoms with Gasteiger partial charge in [-0.1, -0.05) is 15.9 Å². The van der Waals surface area contributed by atoms with Gasteiger partial charge in [-0.05, 0) is 23.8 Å². The van der Waals surface area contributed by atoms with Crippen LogP contribution in [0.3, 0.4) is 0 Å². The van der Waals surface area contributed by atoms with E-state index in [0.29, 0.717) is 0 Å². The molecule has 0 radical (unpaired) electrons. The number of alkyl halides is 4. The topological polar surface area (TPSA) is 46.5 Å². The second kappa shape index (κ2) is 4.73. The second-order valence-corrected chi connectivity index (χ2v) is 3.37. The Labute approximate surface area is 97.0 Å². The fourth-order valence-corrected chi connectivity index (χ4v) is 1.55. The summed E-state index contributed by atoms with van der Waals surface area (Å²) in [6.45, 7) is 0. The maximum absolute atomic E-state index is 11.9. The van der Waals surface area contributed by atoms with E-state index in [-0.39, 0.29) is 16.5 Å². The zero-order chi connectivity index (χ0) is 12.3. The van der Waals surface area contributed by atoms with Gasteiger partial charge in [0.2, 0.25) is 0 Å². The summed E-state index contributed by atoms with van der Waals surface area (Å²) in [4.78, 5) is 10.7. The summed E-state index contributed by atoms with van der Waals surface area (Å²) in [5, 5.41) is 8.87.